The molecule has 0 amide bonds. The third-order valence-corrected chi connectivity index (χ3v) is 2.43. The number of hydrogen-bond donors (Lipinski definition) is 1. The summed E-state index contributed by atoms with van der Waals surface area (Å²) >= 11 is 0. The maximum atomic E-state index is 11.4. The van der Waals surface area contributed by atoms with Crippen molar-refractivity contribution in [3.05, 3.63) is 0 Å². The van der Waals surface area contributed by atoms with E-state index in [2.05, 4.69) is 0 Å². The highest BCUT2D eigenvalue weighted by Gasteiger charge is 2.20. The van der Waals surface area contributed by atoms with E-state index < -0.39 is 6.04 Å². The van der Waals surface area contributed by atoms with Gasteiger partial charge in [0.1, 0.15) is 12.6 Å². The van der Waals surface area contributed by atoms with Gasteiger partial charge >= 0.3 is 5.97 Å². The maximum Gasteiger partial charge on any atom is 0.323 e. The summed E-state index contributed by atoms with van der Waals surface area (Å²) in [5.41, 5.74) is 5.70. The summed E-state index contributed by atoms with van der Waals surface area (Å²) in [5.74, 6) is -0.216. The predicted octanol–water partition coefficient (Wildman–Crippen LogP) is 0.566. The van der Waals surface area contributed by atoms with Crippen molar-refractivity contribution in [3.8, 4) is 0 Å². The molecule has 0 aliphatic rings. The molecule has 0 aromatic heterocycles. The largest absolute Gasteiger partial charge is 0.462 e. The van der Waals surface area contributed by atoms with E-state index in [4.69, 9.17) is 19.9 Å². The zero-order chi connectivity index (χ0) is 12.4. The van der Waals surface area contributed by atoms with Gasteiger partial charge in [0, 0.05) is 7.11 Å². The number of esters is 1. The van der Waals surface area contributed by atoms with Crippen LogP contribution < -0.4 is 5.73 Å². The average Bonchev–Trinajstić information content (AvgIpc) is 2.31. The summed E-state index contributed by atoms with van der Waals surface area (Å²) in [4.78, 5) is 11.4. The second kappa shape index (κ2) is 9.57. The molecular weight excluding hydrogens is 210 g/mol. The van der Waals surface area contributed by atoms with Crippen LogP contribution in [0.5, 0.6) is 0 Å². The Hall–Kier alpha value is -0.650. The number of methoxy groups -OCH3 is 1. The molecule has 0 rings (SSSR count). The second-order valence-electron chi connectivity index (χ2n) is 3.68. The number of carbonyl (C=O) groups excluding carboxylic acids is 1. The second-order valence-corrected chi connectivity index (χ2v) is 3.68. The molecule has 2 N–H and O–H groups in total. The molecule has 0 fully saturated rings. The molecule has 2 unspecified atom stereocenters. The van der Waals surface area contributed by atoms with Gasteiger partial charge in [-0.2, -0.15) is 0 Å². The number of nitrogens with two attached hydrogens (primary N) is 1. The lowest BCUT2D eigenvalue weighted by Crippen LogP contribution is -2.38. The van der Waals surface area contributed by atoms with E-state index in [1.807, 2.05) is 13.8 Å². The Morgan fingerprint density at radius 3 is 2.44 bits per heavy atom. The van der Waals surface area contributed by atoms with Gasteiger partial charge in [0.15, 0.2) is 0 Å². The first kappa shape index (κ1) is 15.3. The molecule has 5 heteroatoms. The van der Waals surface area contributed by atoms with Crippen LogP contribution in [0, 0.1) is 5.92 Å². The predicted molar refractivity (Wildman–Crippen MR) is 61.1 cm³/mol. The van der Waals surface area contributed by atoms with Crippen molar-refractivity contribution in [1.82, 2.24) is 0 Å². The van der Waals surface area contributed by atoms with Crippen molar-refractivity contribution < 1.29 is 19.0 Å². The first-order valence-electron chi connectivity index (χ1n) is 5.62. The smallest absolute Gasteiger partial charge is 0.323 e. The van der Waals surface area contributed by atoms with E-state index in [-0.39, 0.29) is 18.5 Å². The Morgan fingerprint density at radius 2 is 1.88 bits per heavy atom. The lowest BCUT2D eigenvalue weighted by atomic mass is 10.0. The van der Waals surface area contributed by atoms with Gasteiger partial charge in [-0.05, 0) is 5.92 Å². The van der Waals surface area contributed by atoms with Crippen molar-refractivity contribution >= 4 is 5.97 Å². The van der Waals surface area contributed by atoms with Crippen LogP contribution in [0.1, 0.15) is 20.3 Å². The van der Waals surface area contributed by atoms with E-state index in [1.165, 1.54) is 0 Å². The van der Waals surface area contributed by atoms with E-state index in [0.29, 0.717) is 19.8 Å². The standard InChI is InChI=1S/C11H23NO4/c1-4-9(2)10(12)11(13)16-8-7-15-6-5-14-3/h9-10H,4-8,12H2,1-3H3. The van der Waals surface area contributed by atoms with Gasteiger partial charge in [-0.3, -0.25) is 4.79 Å². The molecule has 2 atom stereocenters. The van der Waals surface area contributed by atoms with Gasteiger partial charge in [-0.15, -0.1) is 0 Å². The molecule has 0 spiro atoms. The summed E-state index contributed by atoms with van der Waals surface area (Å²) in [7, 11) is 1.61. The summed E-state index contributed by atoms with van der Waals surface area (Å²) in [6.07, 6.45) is 0.862. The Morgan fingerprint density at radius 1 is 1.25 bits per heavy atom. The minimum Gasteiger partial charge on any atom is -0.462 e. The van der Waals surface area contributed by atoms with Gasteiger partial charge in [0.2, 0.25) is 0 Å². The summed E-state index contributed by atoms with van der Waals surface area (Å²) < 4.78 is 14.9. The van der Waals surface area contributed by atoms with Crippen molar-refractivity contribution in [3.63, 3.8) is 0 Å². The molecule has 0 bridgehead atoms. The molecule has 0 heterocycles. The quantitative estimate of drug-likeness (QED) is 0.465. The van der Waals surface area contributed by atoms with Crippen LogP contribution in [0.25, 0.3) is 0 Å². The average molecular weight is 233 g/mol. The van der Waals surface area contributed by atoms with Crippen molar-refractivity contribution in [1.29, 1.82) is 0 Å². The highest BCUT2D eigenvalue weighted by Crippen LogP contribution is 2.06. The third-order valence-electron chi connectivity index (χ3n) is 2.43. The fraction of sp³-hybridized carbons (Fsp3) is 0.909. The van der Waals surface area contributed by atoms with Gasteiger partial charge in [0.25, 0.3) is 0 Å². The lowest BCUT2D eigenvalue weighted by molar-refractivity contribution is -0.148. The van der Waals surface area contributed by atoms with E-state index >= 15 is 0 Å². The maximum absolute atomic E-state index is 11.4. The lowest BCUT2D eigenvalue weighted by Gasteiger charge is -2.16. The van der Waals surface area contributed by atoms with Crippen molar-refractivity contribution in [2.45, 2.75) is 26.3 Å². The van der Waals surface area contributed by atoms with Crippen LogP contribution >= 0.6 is 0 Å². The van der Waals surface area contributed by atoms with Crippen LogP contribution in [0.3, 0.4) is 0 Å². The summed E-state index contributed by atoms with van der Waals surface area (Å²) in [5, 5.41) is 0. The fourth-order valence-electron chi connectivity index (χ4n) is 1.03. The van der Waals surface area contributed by atoms with Gasteiger partial charge in [0.05, 0.1) is 19.8 Å². The molecule has 5 nitrogen and oxygen atoms in total. The normalized spacial score (nSPS) is 14.5. The topological polar surface area (TPSA) is 70.8 Å². The molecule has 0 radical (unpaired) electrons. The number of rotatable bonds is 9. The molecule has 16 heavy (non-hydrogen) atoms. The molecule has 0 aliphatic heterocycles. The molecule has 0 aromatic carbocycles. The monoisotopic (exact) mass is 233 g/mol. The minimum atomic E-state index is -0.538. The minimum absolute atomic E-state index is 0.141. The van der Waals surface area contributed by atoms with Crippen LogP contribution in [0.2, 0.25) is 0 Å². The zero-order valence-corrected chi connectivity index (χ0v) is 10.4. The number of carbonyl (C=O) groups is 1. The van der Waals surface area contributed by atoms with Crippen LogP contribution in [-0.2, 0) is 19.0 Å². The van der Waals surface area contributed by atoms with E-state index in [9.17, 15) is 4.79 Å². The number of ether oxygens (including phenoxy) is 3. The molecular formula is C11H23NO4. The van der Waals surface area contributed by atoms with Crippen molar-refractivity contribution in [2.75, 3.05) is 33.5 Å². The Kier molecular flexibility index (Phi) is 9.18. The van der Waals surface area contributed by atoms with Gasteiger partial charge in [-0.25, -0.2) is 0 Å². The van der Waals surface area contributed by atoms with Crippen LogP contribution in [-0.4, -0.2) is 45.5 Å². The molecule has 96 valence electrons. The Balaban J connectivity index is 3.50. The third kappa shape index (κ3) is 6.76. The Bertz CT molecular complexity index is 187. The number of hydrogen-bond acceptors (Lipinski definition) is 5. The van der Waals surface area contributed by atoms with Gasteiger partial charge in [-0.1, -0.05) is 20.3 Å². The van der Waals surface area contributed by atoms with Crippen LogP contribution in [0.4, 0.5) is 0 Å². The zero-order valence-electron chi connectivity index (χ0n) is 10.4. The van der Waals surface area contributed by atoms with Crippen molar-refractivity contribution in [2.24, 2.45) is 11.7 Å². The fourth-order valence-corrected chi connectivity index (χ4v) is 1.03. The highest BCUT2D eigenvalue weighted by atomic mass is 16.6. The molecule has 0 saturated carbocycles. The van der Waals surface area contributed by atoms with Crippen LogP contribution in [0.15, 0.2) is 0 Å². The summed E-state index contributed by atoms with van der Waals surface area (Å²) in [6, 6.07) is -0.538. The van der Waals surface area contributed by atoms with E-state index in [0.717, 1.165) is 6.42 Å². The van der Waals surface area contributed by atoms with Gasteiger partial charge < -0.3 is 19.9 Å². The Labute approximate surface area is 97.2 Å². The SMILES string of the molecule is CCC(C)C(N)C(=O)OCCOCCOC. The summed E-state index contributed by atoms with van der Waals surface area (Å²) in [6.45, 7) is 5.59. The van der Waals surface area contributed by atoms with E-state index in [1.54, 1.807) is 7.11 Å². The highest BCUT2D eigenvalue weighted by molar-refractivity contribution is 5.75. The molecule has 0 aromatic rings. The molecule has 0 aliphatic carbocycles. The first-order chi connectivity index (χ1) is 7.63. The first-order valence-corrected chi connectivity index (χ1v) is 5.62. The molecule has 0 saturated heterocycles.